The van der Waals surface area contributed by atoms with Gasteiger partial charge in [-0.3, -0.25) is 0 Å². The summed E-state index contributed by atoms with van der Waals surface area (Å²) >= 11 is 0. The van der Waals surface area contributed by atoms with Crippen molar-refractivity contribution in [1.82, 2.24) is 0 Å². The van der Waals surface area contributed by atoms with Gasteiger partial charge in [0, 0.05) is 0 Å². The van der Waals surface area contributed by atoms with Crippen LogP contribution in [0.4, 0.5) is 0 Å². The van der Waals surface area contributed by atoms with Crippen LogP contribution < -0.4 is 5.73 Å². The van der Waals surface area contributed by atoms with Crippen molar-refractivity contribution in [3.05, 3.63) is 0 Å². The van der Waals surface area contributed by atoms with Crippen LogP contribution in [0.15, 0.2) is 0 Å². The van der Waals surface area contributed by atoms with E-state index in [1.165, 1.54) is 103 Å². The van der Waals surface area contributed by atoms with E-state index in [1.54, 1.807) is 0 Å². The van der Waals surface area contributed by atoms with Gasteiger partial charge >= 0.3 is 23.7 Å². The van der Waals surface area contributed by atoms with Crippen molar-refractivity contribution in [2.45, 2.75) is 110 Å². The first kappa shape index (κ1) is 23.0. The number of hydrogen-bond acceptors (Lipinski definition) is 1. The van der Waals surface area contributed by atoms with Crippen LogP contribution in [-0.4, -0.2) is 30.2 Å². The molecule has 0 spiro atoms. The Bertz CT molecular complexity index is 134. The van der Waals surface area contributed by atoms with Crippen LogP contribution in [0.25, 0.3) is 0 Å². The second kappa shape index (κ2) is 22.0. The minimum atomic E-state index is 0. The summed E-state index contributed by atoms with van der Waals surface area (Å²) in [5.74, 6) is 0. The normalized spacial score (nSPS) is 10.5. The Balaban J connectivity index is 0. The molecular weight excluding hydrogens is 358 g/mol. The van der Waals surface area contributed by atoms with E-state index in [9.17, 15) is 0 Å². The zero-order valence-corrected chi connectivity index (χ0v) is 17.0. The maximum absolute atomic E-state index is 5.48. The number of nitrogens with two attached hydrogens (primary N) is 1. The maximum atomic E-state index is 5.48. The summed E-state index contributed by atoms with van der Waals surface area (Å²) in [5.41, 5.74) is 5.48. The third kappa shape index (κ3) is 21.1. The van der Waals surface area contributed by atoms with Crippen LogP contribution >= 0.6 is 0 Å². The van der Waals surface area contributed by atoms with E-state index in [4.69, 9.17) is 5.73 Å². The van der Waals surface area contributed by atoms with Crippen LogP contribution in [0.5, 0.6) is 0 Å². The molecule has 0 aromatic heterocycles. The van der Waals surface area contributed by atoms with Gasteiger partial charge in [-0.25, -0.2) is 0 Å². The summed E-state index contributed by atoms with van der Waals surface area (Å²) < 4.78 is 0. The number of hydrogen-bond donors (Lipinski definition) is 1. The average Bonchev–Trinajstić information content (AvgIpc) is 2.43. The van der Waals surface area contributed by atoms with Gasteiger partial charge in [-0.05, 0) is 13.0 Å². The van der Waals surface area contributed by atoms with Crippen LogP contribution in [0, 0.1) is 0 Å². The fourth-order valence-electron chi connectivity index (χ4n) is 2.69. The molecule has 2 N–H and O–H groups in total. The molecule has 0 rings (SSSR count). The molecule has 0 aromatic carbocycles. The quantitative estimate of drug-likeness (QED) is 0.277. The van der Waals surface area contributed by atoms with Crippen LogP contribution in [0.3, 0.4) is 0 Å². The van der Waals surface area contributed by atoms with Crippen molar-refractivity contribution >= 4 is 23.7 Å². The summed E-state index contributed by atoms with van der Waals surface area (Å²) in [6.45, 7) is 3.16. The molecule has 0 bridgehead atoms. The van der Waals surface area contributed by atoms with Gasteiger partial charge in [-0.2, -0.15) is 0 Å². The molecule has 1 nitrogen and oxygen atoms in total. The van der Waals surface area contributed by atoms with E-state index in [2.05, 4.69) is 6.92 Å². The van der Waals surface area contributed by atoms with Crippen molar-refractivity contribution in [1.29, 1.82) is 0 Å². The number of rotatable bonds is 16. The summed E-state index contributed by atoms with van der Waals surface area (Å²) in [7, 11) is 0. The molecule has 20 heavy (non-hydrogen) atoms. The monoisotopic (exact) mass is 401 g/mol. The molecule has 0 heterocycles. The van der Waals surface area contributed by atoms with E-state index in [0.717, 1.165) is 6.54 Å². The van der Waals surface area contributed by atoms with Gasteiger partial charge in [-0.15, -0.1) is 0 Å². The Hall–Kier alpha value is 0.750. The molecule has 0 radical (unpaired) electrons. The zero-order chi connectivity index (χ0) is 14.0. The van der Waals surface area contributed by atoms with Gasteiger partial charge < -0.3 is 5.73 Å². The molecule has 0 aromatic rings. The van der Waals surface area contributed by atoms with Gasteiger partial charge in [-0.1, -0.05) is 103 Å². The molecule has 0 saturated heterocycles. The molecule has 0 atom stereocenters. The fraction of sp³-hybridized carbons (Fsp3) is 1.00. The van der Waals surface area contributed by atoms with Gasteiger partial charge in [0.05, 0.1) is 0 Å². The number of unbranched alkanes of at least 4 members (excludes halogenated alkanes) is 15. The van der Waals surface area contributed by atoms with Crippen molar-refractivity contribution in [3.8, 4) is 0 Å². The van der Waals surface area contributed by atoms with Crippen molar-refractivity contribution in [3.63, 3.8) is 0 Å². The summed E-state index contributed by atoms with van der Waals surface area (Å²) in [6, 6.07) is 0. The molecule has 2 heteroatoms. The van der Waals surface area contributed by atoms with Crippen LogP contribution in [0.1, 0.15) is 110 Å². The second-order valence-corrected chi connectivity index (χ2v) is 6.09. The molecule has 0 amide bonds. The molecule has 0 fully saturated rings. The molecule has 0 aliphatic heterocycles. The zero-order valence-electron chi connectivity index (χ0n) is 14.1. The Morgan fingerprint density at radius 1 is 0.450 bits per heavy atom. The predicted molar refractivity (Wildman–Crippen MR) is 97.1 cm³/mol. The van der Waals surface area contributed by atoms with Crippen molar-refractivity contribution in [2.24, 2.45) is 5.73 Å². The van der Waals surface area contributed by atoms with E-state index in [-0.39, 0.29) is 23.7 Å². The minimum absolute atomic E-state index is 0. The Morgan fingerprint density at radius 3 is 0.950 bits per heavy atom. The molecule has 0 unspecified atom stereocenters. The first-order chi connectivity index (χ1) is 9.41. The van der Waals surface area contributed by atoms with Crippen LogP contribution in [-0.2, 0) is 0 Å². The van der Waals surface area contributed by atoms with Crippen molar-refractivity contribution in [2.75, 3.05) is 6.54 Å². The Labute approximate surface area is 145 Å². The summed E-state index contributed by atoms with van der Waals surface area (Å²) in [6.07, 6.45) is 22.9. The van der Waals surface area contributed by atoms with E-state index >= 15 is 0 Å². The SMILES string of the molecule is CCCCCCCCCCCCCCCCCCN.[TeH2]. The third-order valence-electron chi connectivity index (χ3n) is 4.06. The average molecular weight is 399 g/mol. The Morgan fingerprint density at radius 2 is 0.700 bits per heavy atom. The van der Waals surface area contributed by atoms with Gasteiger partial charge in [0.15, 0.2) is 0 Å². The summed E-state index contributed by atoms with van der Waals surface area (Å²) in [4.78, 5) is 0. The summed E-state index contributed by atoms with van der Waals surface area (Å²) in [5, 5.41) is 0. The van der Waals surface area contributed by atoms with Gasteiger partial charge in [0.25, 0.3) is 0 Å². The predicted octanol–water partition coefficient (Wildman–Crippen LogP) is 5.29. The fourth-order valence-corrected chi connectivity index (χ4v) is 2.69. The second-order valence-electron chi connectivity index (χ2n) is 6.09. The molecular formula is C18H41NTe. The molecule has 0 aliphatic rings. The molecule has 0 saturated carbocycles. The first-order valence-electron chi connectivity index (χ1n) is 9.12. The van der Waals surface area contributed by atoms with Crippen LogP contribution in [0.2, 0.25) is 0 Å². The van der Waals surface area contributed by atoms with Gasteiger partial charge in [0.1, 0.15) is 0 Å². The molecule has 124 valence electrons. The third-order valence-corrected chi connectivity index (χ3v) is 4.06. The van der Waals surface area contributed by atoms with E-state index < -0.39 is 0 Å². The Kier molecular flexibility index (Phi) is 25.4. The van der Waals surface area contributed by atoms with E-state index in [0.29, 0.717) is 0 Å². The first-order valence-corrected chi connectivity index (χ1v) is 9.12. The van der Waals surface area contributed by atoms with Gasteiger partial charge in [0.2, 0.25) is 0 Å². The molecule has 0 aliphatic carbocycles. The topological polar surface area (TPSA) is 26.0 Å². The van der Waals surface area contributed by atoms with Crippen molar-refractivity contribution < 1.29 is 0 Å². The van der Waals surface area contributed by atoms with E-state index in [1.807, 2.05) is 0 Å². The standard InChI is InChI=1S/C18H39N.H2Te/c1-2-3-4-5-6-7-8-9-10-11-12-13-14-15-16-17-18-19;/h2-19H2,1H3;1H2.